The van der Waals surface area contributed by atoms with Gasteiger partial charge < -0.3 is 9.29 Å². The molecule has 3 nitrogen and oxygen atoms in total. The standard InChI is InChI=1S/C17H16O3S/c18-21(19)12-13-6-8-15(9-7-13)17-11-20-10-16(17)14-4-2-1-3-5-14/h1-9H,10-12H2,(H,18,19). The lowest BCUT2D eigenvalue weighted by molar-refractivity contribution is 0.219. The van der Waals surface area contributed by atoms with Crippen LogP contribution in [-0.2, 0) is 21.6 Å². The minimum atomic E-state index is -1.80. The molecule has 1 atom stereocenters. The van der Waals surface area contributed by atoms with E-state index in [4.69, 9.17) is 9.29 Å². The predicted octanol–water partition coefficient (Wildman–Crippen LogP) is 3.35. The van der Waals surface area contributed by atoms with Crippen LogP contribution < -0.4 is 0 Å². The summed E-state index contributed by atoms with van der Waals surface area (Å²) in [5, 5.41) is 0. The SMILES string of the molecule is O=S(O)Cc1ccc(C2=C(c3ccccc3)COC2)cc1. The lowest BCUT2D eigenvalue weighted by atomic mass is 9.96. The van der Waals surface area contributed by atoms with Crippen LogP contribution in [0.1, 0.15) is 16.7 Å². The van der Waals surface area contributed by atoms with Crippen molar-refractivity contribution in [1.82, 2.24) is 0 Å². The topological polar surface area (TPSA) is 46.5 Å². The van der Waals surface area contributed by atoms with Gasteiger partial charge in [-0.15, -0.1) is 0 Å². The summed E-state index contributed by atoms with van der Waals surface area (Å²) < 4.78 is 25.4. The van der Waals surface area contributed by atoms with Crippen molar-refractivity contribution in [3.63, 3.8) is 0 Å². The van der Waals surface area contributed by atoms with Crippen LogP contribution in [0.25, 0.3) is 11.1 Å². The monoisotopic (exact) mass is 300 g/mol. The van der Waals surface area contributed by atoms with Crippen molar-refractivity contribution in [3.8, 4) is 0 Å². The first-order chi connectivity index (χ1) is 10.2. The van der Waals surface area contributed by atoms with E-state index in [0.717, 1.165) is 11.1 Å². The van der Waals surface area contributed by atoms with E-state index < -0.39 is 11.1 Å². The van der Waals surface area contributed by atoms with Crippen LogP contribution in [0.15, 0.2) is 54.6 Å². The summed E-state index contributed by atoms with van der Waals surface area (Å²) in [6.45, 7) is 1.23. The molecule has 1 heterocycles. The maximum atomic E-state index is 10.8. The predicted molar refractivity (Wildman–Crippen MR) is 85.0 cm³/mol. The average molecular weight is 300 g/mol. The zero-order valence-corrected chi connectivity index (χ0v) is 12.3. The zero-order chi connectivity index (χ0) is 14.7. The summed E-state index contributed by atoms with van der Waals surface area (Å²) in [6.07, 6.45) is 0. The lowest BCUT2D eigenvalue weighted by Crippen LogP contribution is -1.94. The van der Waals surface area contributed by atoms with Gasteiger partial charge in [0.2, 0.25) is 0 Å². The molecule has 1 aliphatic heterocycles. The highest BCUT2D eigenvalue weighted by atomic mass is 32.2. The van der Waals surface area contributed by atoms with Crippen LogP contribution >= 0.6 is 0 Å². The first kappa shape index (κ1) is 14.2. The Morgan fingerprint density at radius 3 is 2.05 bits per heavy atom. The van der Waals surface area contributed by atoms with Crippen molar-refractivity contribution in [3.05, 3.63) is 71.3 Å². The van der Waals surface area contributed by atoms with Gasteiger partial charge in [-0.2, -0.15) is 0 Å². The molecule has 4 heteroatoms. The first-order valence-corrected chi connectivity index (χ1v) is 8.03. The molecule has 0 saturated carbocycles. The fourth-order valence-corrected chi connectivity index (χ4v) is 3.01. The lowest BCUT2D eigenvalue weighted by Gasteiger charge is -2.07. The Kier molecular flexibility index (Phi) is 4.29. The van der Waals surface area contributed by atoms with E-state index >= 15 is 0 Å². The van der Waals surface area contributed by atoms with Crippen LogP contribution in [0.5, 0.6) is 0 Å². The maximum absolute atomic E-state index is 10.8. The van der Waals surface area contributed by atoms with E-state index in [-0.39, 0.29) is 5.75 Å². The molecule has 0 saturated heterocycles. The van der Waals surface area contributed by atoms with E-state index in [1.807, 2.05) is 42.5 Å². The molecule has 0 bridgehead atoms. The summed E-state index contributed by atoms with van der Waals surface area (Å²) in [5.41, 5.74) is 5.57. The molecule has 1 N–H and O–H groups in total. The zero-order valence-electron chi connectivity index (χ0n) is 11.5. The van der Waals surface area contributed by atoms with Crippen LogP contribution in [0.2, 0.25) is 0 Å². The Balaban J connectivity index is 1.93. The van der Waals surface area contributed by atoms with Gasteiger partial charge in [0.25, 0.3) is 0 Å². The molecule has 3 rings (SSSR count). The van der Waals surface area contributed by atoms with Crippen molar-refractivity contribution >= 4 is 22.2 Å². The van der Waals surface area contributed by atoms with E-state index in [2.05, 4.69) is 12.1 Å². The highest BCUT2D eigenvalue weighted by Crippen LogP contribution is 2.31. The number of hydrogen-bond donors (Lipinski definition) is 1. The molecule has 0 radical (unpaired) electrons. The average Bonchev–Trinajstić information content (AvgIpc) is 2.98. The second-order valence-corrected chi connectivity index (χ2v) is 5.91. The fraction of sp³-hybridized carbons (Fsp3) is 0.176. The van der Waals surface area contributed by atoms with Crippen molar-refractivity contribution in [2.45, 2.75) is 5.75 Å². The Morgan fingerprint density at radius 2 is 1.48 bits per heavy atom. The minimum absolute atomic E-state index is 0.168. The van der Waals surface area contributed by atoms with Crippen molar-refractivity contribution < 1.29 is 13.5 Å². The molecule has 0 aliphatic carbocycles. The highest BCUT2D eigenvalue weighted by molar-refractivity contribution is 7.78. The maximum Gasteiger partial charge on any atom is 0.157 e. The normalized spacial score (nSPS) is 16.2. The Morgan fingerprint density at radius 1 is 0.905 bits per heavy atom. The number of rotatable bonds is 4. The van der Waals surface area contributed by atoms with Gasteiger partial charge >= 0.3 is 0 Å². The van der Waals surface area contributed by atoms with Crippen LogP contribution in [0.3, 0.4) is 0 Å². The van der Waals surface area contributed by atoms with Gasteiger partial charge in [0.15, 0.2) is 11.1 Å². The minimum Gasteiger partial charge on any atom is -0.372 e. The number of ether oxygens (including phenoxy) is 1. The molecule has 0 aromatic heterocycles. The van der Waals surface area contributed by atoms with Crippen molar-refractivity contribution in [1.29, 1.82) is 0 Å². The Hall–Kier alpha value is -1.75. The third-order valence-electron chi connectivity index (χ3n) is 3.57. The molecule has 0 spiro atoms. The van der Waals surface area contributed by atoms with Gasteiger partial charge in [0.05, 0.1) is 19.0 Å². The van der Waals surface area contributed by atoms with E-state index in [1.165, 1.54) is 16.7 Å². The molecule has 21 heavy (non-hydrogen) atoms. The largest absolute Gasteiger partial charge is 0.372 e. The van der Waals surface area contributed by atoms with Gasteiger partial charge in [-0.1, -0.05) is 54.6 Å². The molecule has 2 aromatic rings. The van der Waals surface area contributed by atoms with Crippen molar-refractivity contribution in [2.75, 3.05) is 13.2 Å². The second kappa shape index (κ2) is 6.35. The van der Waals surface area contributed by atoms with Crippen LogP contribution in [0, 0.1) is 0 Å². The van der Waals surface area contributed by atoms with E-state index in [1.54, 1.807) is 0 Å². The first-order valence-electron chi connectivity index (χ1n) is 6.76. The summed E-state index contributed by atoms with van der Waals surface area (Å²) in [5.74, 6) is 0.168. The summed E-state index contributed by atoms with van der Waals surface area (Å²) in [4.78, 5) is 0. The quantitative estimate of drug-likeness (QED) is 0.881. The second-order valence-electron chi connectivity index (χ2n) is 4.98. The van der Waals surface area contributed by atoms with E-state index in [9.17, 15) is 4.21 Å². The molecule has 1 aliphatic rings. The summed E-state index contributed by atoms with van der Waals surface area (Å²) in [7, 11) is 0. The smallest absolute Gasteiger partial charge is 0.157 e. The van der Waals surface area contributed by atoms with Crippen LogP contribution in [-0.4, -0.2) is 22.0 Å². The van der Waals surface area contributed by atoms with Gasteiger partial charge in [-0.05, 0) is 27.8 Å². The van der Waals surface area contributed by atoms with E-state index in [0.29, 0.717) is 13.2 Å². The summed E-state index contributed by atoms with van der Waals surface area (Å²) in [6, 6.07) is 18.0. The molecule has 0 amide bonds. The molecule has 108 valence electrons. The Labute approximate surface area is 126 Å². The highest BCUT2D eigenvalue weighted by Gasteiger charge is 2.18. The molecular formula is C17H16O3S. The van der Waals surface area contributed by atoms with Gasteiger partial charge in [-0.25, -0.2) is 4.21 Å². The van der Waals surface area contributed by atoms with Gasteiger partial charge in [0.1, 0.15) is 0 Å². The molecule has 2 aromatic carbocycles. The number of benzene rings is 2. The third-order valence-corrected chi connectivity index (χ3v) is 4.15. The summed E-state index contributed by atoms with van der Waals surface area (Å²) >= 11 is -1.80. The molecular weight excluding hydrogens is 284 g/mol. The van der Waals surface area contributed by atoms with Crippen molar-refractivity contribution in [2.24, 2.45) is 0 Å². The third kappa shape index (κ3) is 3.29. The Bertz CT molecular complexity index is 675. The van der Waals surface area contributed by atoms with Gasteiger partial charge in [-0.3, -0.25) is 0 Å². The van der Waals surface area contributed by atoms with Crippen LogP contribution in [0.4, 0.5) is 0 Å². The number of hydrogen-bond acceptors (Lipinski definition) is 2. The van der Waals surface area contributed by atoms with Gasteiger partial charge in [0, 0.05) is 0 Å². The molecule has 0 fully saturated rings. The fourth-order valence-electron chi connectivity index (χ4n) is 2.53. The molecule has 1 unspecified atom stereocenters.